The zero-order valence-electron chi connectivity index (χ0n) is 10.5. The van der Waals surface area contributed by atoms with E-state index in [-0.39, 0.29) is 23.3 Å². The molecule has 2 rings (SSSR count). The molecule has 0 aromatic heterocycles. The molecule has 0 aromatic carbocycles. The van der Waals surface area contributed by atoms with Crippen molar-refractivity contribution in [2.45, 2.75) is 6.42 Å². The van der Waals surface area contributed by atoms with E-state index in [0.29, 0.717) is 19.5 Å². The van der Waals surface area contributed by atoms with Crippen LogP contribution in [0.25, 0.3) is 0 Å². The number of piperazine rings is 1. The zero-order chi connectivity index (χ0) is 13.0. The van der Waals surface area contributed by atoms with Gasteiger partial charge >= 0.3 is 0 Å². The van der Waals surface area contributed by atoms with Crippen LogP contribution in [0.2, 0.25) is 0 Å². The minimum atomic E-state index is -2.84. The number of nitrogens with one attached hydrogen (secondary N) is 2. The van der Waals surface area contributed by atoms with Crippen LogP contribution in [0.3, 0.4) is 0 Å². The van der Waals surface area contributed by atoms with E-state index in [1.54, 1.807) is 0 Å². The summed E-state index contributed by atoms with van der Waals surface area (Å²) in [5, 5.41) is 6.08. The van der Waals surface area contributed by atoms with Crippen LogP contribution in [-0.4, -0.2) is 70.0 Å². The van der Waals surface area contributed by atoms with Crippen LogP contribution in [0.5, 0.6) is 0 Å². The predicted octanol–water partition coefficient (Wildman–Crippen LogP) is -1.56. The first-order chi connectivity index (χ1) is 8.55. The molecule has 2 aliphatic rings. The van der Waals surface area contributed by atoms with Gasteiger partial charge in [-0.05, 0) is 12.3 Å². The van der Waals surface area contributed by atoms with Crippen LogP contribution in [-0.2, 0) is 14.6 Å². The zero-order valence-corrected chi connectivity index (χ0v) is 11.3. The molecule has 0 radical (unpaired) electrons. The standard InChI is InChI=1S/C11H21N3O3S/c15-11(8-14-4-2-12-3-5-14)13-7-10-1-6-18(16,17)9-10/h10,12H,1-9H2,(H,13,15). The second-order valence-corrected chi connectivity index (χ2v) is 7.33. The Kier molecular flexibility index (Phi) is 4.58. The number of nitrogens with zero attached hydrogens (tertiary/aromatic N) is 1. The summed E-state index contributed by atoms with van der Waals surface area (Å²) >= 11 is 0. The first-order valence-electron chi connectivity index (χ1n) is 6.45. The number of carbonyl (C=O) groups excluding carboxylic acids is 1. The van der Waals surface area contributed by atoms with Gasteiger partial charge in [0.1, 0.15) is 0 Å². The Balaban J connectivity index is 1.65. The van der Waals surface area contributed by atoms with Gasteiger partial charge in [-0.3, -0.25) is 9.69 Å². The summed E-state index contributed by atoms with van der Waals surface area (Å²) in [7, 11) is -2.84. The highest BCUT2D eigenvalue weighted by atomic mass is 32.2. The summed E-state index contributed by atoms with van der Waals surface area (Å²) in [6.45, 7) is 4.55. The Bertz CT molecular complexity index is 390. The summed E-state index contributed by atoms with van der Waals surface area (Å²) in [5.41, 5.74) is 0. The Morgan fingerprint density at radius 1 is 1.33 bits per heavy atom. The molecular formula is C11H21N3O3S. The summed E-state index contributed by atoms with van der Waals surface area (Å²) in [4.78, 5) is 13.8. The SMILES string of the molecule is O=C(CN1CCNCC1)NCC1CCS(=O)(=O)C1. The third kappa shape index (κ3) is 4.22. The highest BCUT2D eigenvalue weighted by Crippen LogP contribution is 2.17. The number of hydrogen-bond acceptors (Lipinski definition) is 5. The molecule has 2 N–H and O–H groups in total. The van der Waals surface area contributed by atoms with Gasteiger partial charge in [0.15, 0.2) is 9.84 Å². The van der Waals surface area contributed by atoms with Crippen LogP contribution in [0, 0.1) is 5.92 Å². The molecule has 1 atom stereocenters. The van der Waals surface area contributed by atoms with Crippen molar-refractivity contribution in [3.63, 3.8) is 0 Å². The van der Waals surface area contributed by atoms with Crippen molar-refractivity contribution in [2.24, 2.45) is 5.92 Å². The molecule has 2 heterocycles. The molecule has 2 saturated heterocycles. The van der Waals surface area contributed by atoms with E-state index in [4.69, 9.17) is 0 Å². The van der Waals surface area contributed by atoms with Crippen molar-refractivity contribution in [3.05, 3.63) is 0 Å². The highest BCUT2D eigenvalue weighted by molar-refractivity contribution is 7.91. The molecule has 18 heavy (non-hydrogen) atoms. The molecule has 104 valence electrons. The van der Waals surface area contributed by atoms with Gasteiger partial charge in [-0.25, -0.2) is 8.42 Å². The van der Waals surface area contributed by atoms with Gasteiger partial charge in [-0.2, -0.15) is 0 Å². The van der Waals surface area contributed by atoms with Gasteiger partial charge in [-0.15, -0.1) is 0 Å². The number of amides is 1. The van der Waals surface area contributed by atoms with Crippen molar-refractivity contribution in [1.29, 1.82) is 0 Å². The van der Waals surface area contributed by atoms with Gasteiger partial charge in [0, 0.05) is 32.7 Å². The second-order valence-electron chi connectivity index (χ2n) is 5.10. The maximum atomic E-state index is 11.7. The summed E-state index contributed by atoms with van der Waals surface area (Å²) in [5.74, 6) is 0.592. The summed E-state index contributed by atoms with van der Waals surface area (Å²) in [6, 6.07) is 0. The van der Waals surface area contributed by atoms with Crippen LogP contribution >= 0.6 is 0 Å². The number of sulfone groups is 1. The molecule has 1 amide bonds. The van der Waals surface area contributed by atoms with Crippen molar-refractivity contribution in [1.82, 2.24) is 15.5 Å². The van der Waals surface area contributed by atoms with E-state index in [1.165, 1.54) is 0 Å². The molecule has 7 heteroatoms. The van der Waals surface area contributed by atoms with Crippen molar-refractivity contribution in [2.75, 3.05) is 50.8 Å². The summed E-state index contributed by atoms with van der Waals surface area (Å²) in [6.07, 6.45) is 0.677. The first-order valence-corrected chi connectivity index (χ1v) is 8.27. The molecule has 0 saturated carbocycles. The lowest BCUT2D eigenvalue weighted by molar-refractivity contribution is -0.122. The quantitative estimate of drug-likeness (QED) is 0.649. The monoisotopic (exact) mass is 275 g/mol. The van der Waals surface area contributed by atoms with Crippen LogP contribution in [0.1, 0.15) is 6.42 Å². The molecule has 0 spiro atoms. The van der Waals surface area contributed by atoms with Gasteiger partial charge in [0.25, 0.3) is 0 Å². The van der Waals surface area contributed by atoms with Gasteiger partial charge in [0.2, 0.25) is 5.91 Å². The Hall–Kier alpha value is -0.660. The van der Waals surface area contributed by atoms with E-state index < -0.39 is 9.84 Å². The fraction of sp³-hybridized carbons (Fsp3) is 0.909. The molecular weight excluding hydrogens is 254 g/mol. The normalized spacial score (nSPS) is 28.1. The lowest BCUT2D eigenvalue weighted by Gasteiger charge is -2.26. The lowest BCUT2D eigenvalue weighted by atomic mass is 10.1. The average molecular weight is 275 g/mol. The fourth-order valence-corrected chi connectivity index (χ4v) is 4.28. The van der Waals surface area contributed by atoms with Gasteiger partial charge < -0.3 is 10.6 Å². The van der Waals surface area contributed by atoms with E-state index >= 15 is 0 Å². The van der Waals surface area contributed by atoms with E-state index in [2.05, 4.69) is 15.5 Å². The predicted molar refractivity (Wildman–Crippen MR) is 69.1 cm³/mol. The molecule has 2 aliphatic heterocycles. The van der Waals surface area contributed by atoms with Crippen LogP contribution < -0.4 is 10.6 Å². The smallest absolute Gasteiger partial charge is 0.234 e. The lowest BCUT2D eigenvalue weighted by Crippen LogP contribution is -2.48. The Morgan fingerprint density at radius 3 is 2.67 bits per heavy atom. The van der Waals surface area contributed by atoms with E-state index in [1.807, 2.05) is 0 Å². The minimum absolute atomic E-state index is 0.00111. The molecule has 0 aromatic rings. The van der Waals surface area contributed by atoms with Crippen LogP contribution in [0.4, 0.5) is 0 Å². The summed E-state index contributed by atoms with van der Waals surface area (Å²) < 4.78 is 22.5. The maximum Gasteiger partial charge on any atom is 0.234 e. The number of carbonyl (C=O) groups is 1. The molecule has 0 bridgehead atoms. The first kappa shape index (κ1) is 13.8. The fourth-order valence-electron chi connectivity index (χ4n) is 2.42. The molecule has 6 nitrogen and oxygen atoms in total. The maximum absolute atomic E-state index is 11.7. The van der Waals surface area contributed by atoms with Gasteiger partial charge in [0.05, 0.1) is 18.1 Å². The van der Waals surface area contributed by atoms with Crippen molar-refractivity contribution in [3.8, 4) is 0 Å². The number of hydrogen-bond donors (Lipinski definition) is 2. The minimum Gasteiger partial charge on any atom is -0.355 e. The molecule has 0 aliphatic carbocycles. The van der Waals surface area contributed by atoms with Crippen LogP contribution in [0.15, 0.2) is 0 Å². The van der Waals surface area contributed by atoms with Gasteiger partial charge in [-0.1, -0.05) is 0 Å². The largest absolute Gasteiger partial charge is 0.355 e. The van der Waals surface area contributed by atoms with E-state index in [0.717, 1.165) is 26.2 Å². The van der Waals surface area contributed by atoms with E-state index in [9.17, 15) is 13.2 Å². The number of rotatable bonds is 4. The topological polar surface area (TPSA) is 78.5 Å². The molecule has 2 fully saturated rings. The third-order valence-electron chi connectivity index (χ3n) is 3.49. The average Bonchev–Trinajstić information content (AvgIpc) is 2.68. The Labute approximate surface area is 108 Å². The van der Waals surface area contributed by atoms with Crippen molar-refractivity contribution >= 4 is 15.7 Å². The molecule has 1 unspecified atom stereocenters. The highest BCUT2D eigenvalue weighted by Gasteiger charge is 2.28. The Morgan fingerprint density at radius 2 is 2.06 bits per heavy atom. The third-order valence-corrected chi connectivity index (χ3v) is 5.33. The second kappa shape index (κ2) is 5.99. The van der Waals surface area contributed by atoms with Crippen molar-refractivity contribution < 1.29 is 13.2 Å².